The summed E-state index contributed by atoms with van der Waals surface area (Å²) in [5, 5.41) is 3.65. The quantitative estimate of drug-likeness (QED) is 0.528. The molecular formula is C24H23Cl2N3O3. The third-order valence-electron chi connectivity index (χ3n) is 5.47. The van der Waals surface area contributed by atoms with Crippen LogP contribution >= 0.6 is 23.2 Å². The maximum Gasteiger partial charge on any atom is 0.291 e. The van der Waals surface area contributed by atoms with Crippen molar-refractivity contribution in [2.45, 2.75) is 13.3 Å². The first-order valence-electron chi connectivity index (χ1n) is 10.4. The van der Waals surface area contributed by atoms with Crippen LogP contribution in [0.1, 0.15) is 23.9 Å². The summed E-state index contributed by atoms with van der Waals surface area (Å²) in [6, 6.07) is 16.2. The molecule has 6 nitrogen and oxygen atoms in total. The monoisotopic (exact) mass is 471 g/mol. The Hall–Kier alpha value is -2.96. The highest BCUT2D eigenvalue weighted by Gasteiger charge is 2.20. The van der Waals surface area contributed by atoms with Crippen molar-refractivity contribution in [2.75, 3.05) is 36.4 Å². The molecule has 2 heterocycles. The Morgan fingerprint density at radius 1 is 0.969 bits per heavy atom. The molecule has 8 heteroatoms. The van der Waals surface area contributed by atoms with Crippen LogP contribution in [0.25, 0.3) is 11.3 Å². The minimum atomic E-state index is -0.353. The predicted octanol–water partition coefficient (Wildman–Crippen LogP) is 5.56. The summed E-state index contributed by atoms with van der Waals surface area (Å²) >= 11 is 12.3. The zero-order chi connectivity index (χ0) is 22.7. The summed E-state index contributed by atoms with van der Waals surface area (Å²) in [6.45, 7) is 4.92. The molecule has 0 bridgehead atoms. The number of benzene rings is 2. The number of carbonyl (C=O) groups excluding carboxylic acids is 2. The number of anilines is 2. The predicted molar refractivity (Wildman–Crippen MR) is 128 cm³/mol. The lowest BCUT2D eigenvalue weighted by atomic mass is 10.2. The van der Waals surface area contributed by atoms with Crippen molar-refractivity contribution in [2.24, 2.45) is 0 Å². The Morgan fingerprint density at radius 2 is 1.69 bits per heavy atom. The minimum absolute atomic E-state index is 0.178. The lowest BCUT2D eigenvalue weighted by Gasteiger charge is -2.36. The number of carbonyl (C=O) groups is 2. The highest BCUT2D eigenvalue weighted by Crippen LogP contribution is 2.34. The molecule has 166 valence electrons. The molecule has 1 fully saturated rings. The molecule has 1 saturated heterocycles. The van der Waals surface area contributed by atoms with Gasteiger partial charge in [0.25, 0.3) is 5.91 Å². The van der Waals surface area contributed by atoms with Gasteiger partial charge in [-0.1, -0.05) is 36.2 Å². The van der Waals surface area contributed by atoms with Crippen molar-refractivity contribution < 1.29 is 14.0 Å². The van der Waals surface area contributed by atoms with Crippen LogP contribution in [0.3, 0.4) is 0 Å². The Balaban J connectivity index is 1.38. The summed E-state index contributed by atoms with van der Waals surface area (Å²) in [6.07, 6.45) is 0.539. The van der Waals surface area contributed by atoms with Gasteiger partial charge in [-0.3, -0.25) is 9.59 Å². The molecule has 0 unspecified atom stereocenters. The standard InChI is InChI=1S/C24H23Cl2N3O3/c1-2-22(30)29-14-12-28(13-15-29)17-8-6-16(7-9-17)27-24(31)21-11-10-20(32-21)18-4-3-5-19(25)23(18)26/h3-11H,2,12-15H2,1H3,(H,27,31). The van der Waals surface area contributed by atoms with Gasteiger partial charge in [0.2, 0.25) is 5.91 Å². The van der Waals surface area contributed by atoms with E-state index in [4.69, 9.17) is 27.6 Å². The Morgan fingerprint density at radius 3 is 2.38 bits per heavy atom. The maximum atomic E-state index is 12.6. The van der Waals surface area contributed by atoms with Crippen LogP contribution in [0, 0.1) is 0 Å². The fourth-order valence-electron chi connectivity index (χ4n) is 3.68. The average molecular weight is 472 g/mol. The van der Waals surface area contributed by atoms with Crippen LogP contribution in [0.4, 0.5) is 11.4 Å². The molecule has 3 aromatic rings. The van der Waals surface area contributed by atoms with Crippen molar-refractivity contribution in [3.05, 3.63) is 70.4 Å². The summed E-state index contributed by atoms with van der Waals surface area (Å²) in [4.78, 5) is 28.6. The van der Waals surface area contributed by atoms with Gasteiger partial charge in [-0.25, -0.2) is 0 Å². The second-order valence-electron chi connectivity index (χ2n) is 7.49. The molecule has 1 aliphatic rings. The number of furan rings is 1. The number of piperazine rings is 1. The molecular weight excluding hydrogens is 449 g/mol. The molecule has 1 N–H and O–H groups in total. The van der Waals surface area contributed by atoms with Gasteiger partial charge in [-0.05, 0) is 48.5 Å². The van der Waals surface area contributed by atoms with E-state index in [1.165, 1.54) is 0 Å². The molecule has 0 radical (unpaired) electrons. The number of rotatable bonds is 5. The van der Waals surface area contributed by atoms with Crippen LogP contribution < -0.4 is 10.2 Å². The summed E-state index contributed by atoms with van der Waals surface area (Å²) in [5.41, 5.74) is 2.35. The lowest BCUT2D eigenvalue weighted by Crippen LogP contribution is -2.48. The smallest absolute Gasteiger partial charge is 0.291 e. The second-order valence-corrected chi connectivity index (χ2v) is 8.27. The Labute approximate surface area is 196 Å². The van der Waals surface area contributed by atoms with E-state index in [0.717, 1.165) is 31.9 Å². The van der Waals surface area contributed by atoms with E-state index in [1.54, 1.807) is 30.3 Å². The lowest BCUT2D eigenvalue weighted by molar-refractivity contribution is -0.131. The number of hydrogen-bond acceptors (Lipinski definition) is 4. The molecule has 4 rings (SSSR count). The highest BCUT2D eigenvalue weighted by molar-refractivity contribution is 6.43. The summed E-state index contributed by atoms with van der Waals surface area (Å²) in [7, 11) is 0. The third kappa shape index (κ3) is 4.76. The first-order chi connectivity index (χ1) is 15.5. The van der Waals surface area contributed by atoms with Crippen molar-refractivity contribution >= 4 is 46.4 Å². The van der Waals surface area contributed by atoms with Crippen LogP contribution in [0.5, 0.6) is 0 Å². The molecule has 0 saturated carbocycles. The molecule has 1 aliphatic heterocycles. The van der Waals surface area contributed by atoms with Crippen LogP contribution in [-0.2, 0) is 4.79 Å². The van der Waals surface area contributed by atoms with Gasteiger partial charge in [-0.2, -0.15) is 0 Å². The Kier molecular flexibility index (Phi) is 6.72. The molecule has 0 aliphatic carbocycles. The van der Waals surface area contributed by atoms with E-state index >= 15 is 0 Å². The molecule has 32 heavy (non-hydrogen) atoms. The number of nitrogens with one attached hydrogen (secondary N) is 1. The molecule has 2 amide bonds. The van der Waals surface area contributed by atoms with Gasteiger partial charge < -0.3 is 19.5 Å². The van der Waals surface area contributed by atoms with Gasteiger partial charge in [0.1, 0.15) is 5.76 Å². The van der Waals surface area contributed by atoms with Gasteiger partial charge >= 0.3 is 0 Å². The van der Waals surface area contributed by atoms with Gasteiger partial charge in [-0.15, -0.1) is 0 Å². The van der Waals surface area contributed by atoms with E-state index in [-0.39, 0.29) is 17.6 Å². The zero-order valence-electron chi connectivity index (χ0n) is 17.6. The highest BCUT2D eigenvalue weighted by atomic mass is 35.5. The van der Waals surface area contributed by atoms with E-state index in [2.05, 4.69) is 10.2 Å². The van der Waals surface area contributed by atoms with Gasteiger partial charge in [0.05, 0.1) is 10.0 Å². The third-order valence-corrected chi connectivity index (χ3v) is 6.29. The molecule has 0 spiro atoms. The van der Waals surface area contributed by atoms with Crippen molar-refractivity contribution in [3.63, 3.8) is 0 Å². The fourth-order valence-corrected chi connectivity index (χ4v) is 4.08. The minimum Gasteiger partial charge on any atom is -0.451 e. The normalized spacial score (nSPS) is 13.8. The average Bonchev–Trinajstić information content (AvgIpc) is 3.31. The number of nitrogens with zero attached hydrogens (tertiary/aromatic N) is 2. The van der Waals surface area contributed by atoms with E-state index < -0.39 is 0 Å². The van der Waals surface area contributed by atoms with Crippen LogP contribution in [0.2, 0.25) is 10.0 Å². The molecule has 1 aromatic heterocycles. The van der Waals surface area contributed by atoms with E-state index in [1.807, 2.05) is 36.1 Å². The van der Waals surface area contributed by atoms with Crippen LogP contribution in [0.15, 0.2) is 59.0 Å². The second kappa shape index (κ2) is 9.67. The van der Waals surface area contributed by atoms with Crippen molar-refractivity contribution in [3.8, 4) is 11.3 Å². The first-order valence-corrected chi connectivity index (χ1v) is 11.2. The van der Waals surface area contributed by atoms with E-state index in [9.17, 15) is 9.59 Å². The topological polar surface area (TPSA) is 65.8 Å². The molecule has 2 aromatic carbocycles. The van der Waals surface area contributed by atoms with E-state index in [0.29, 0.717) is 33.5 Å². The number of hydrogen-bond donors (Lipinski definition) is 1. The number of amides is 2. The van der Waals surface area contributed by atoms with Crippen LogP contribution in [-0.4, -0.2) is 42.9 Å². The Bertz CT molecular complexity index is 1120. The molecule has 0 atom stereocenters. The van der Waals surface area contributed by atoms with Crippen molar-refractivity contribution in [1.29, 1.82) is 0 Å². The first kappa shape index (κ1) is 22.2. The fraction of sp³-hybridized carbons (Fsp3) is 0.250. The SMILES string of the molecule is CCC(=O)N1CCN(c2ccc(NC(=O)c3ccc(-c4cccc(Cl)c4Cl)o3)cc2)CC1. The largest absolute Gasteiger partial charge is 0.451 e. The zero-order valence-corrected chi connectivity index (χ0v) is 19.1. The van der Waals surface area contributed by atoms with Gasteiger partial charge in [0.15, 0.2) is 5.76 Å². The summed E-state index contributed by atoms with van der Waals surface area (Å²) < 4.78 is 5.70. The summed E-state index contributed by atoms with van der Waals surface area (Å²) in [5.74, 6) is 0.491. The maximum absolute atomic E-state index is 12.6. The van der Waals surface area contributed by atoms with Crippen molar-refractivity contribution in [1.82, 2.24) is 4.90 Å². The number of halogens is 2. The van der Waals surface area contributed by atoms with Gasteiger partial charge in [0, 0.05) is 49.5 Å².